The SMILES string of the molecule is NS(=O)(=O)c1ccc(CCNC(=O)CSc2ccc3c(c2)CCC3)cc1. The lowest BCUT2D eigenvalue weighted by atomic mass is 10.1. The van der Waals surface area contributed by atoms with Crippen LogP contribution < -0.4 is 10.5 Å². The Hall–Kier alpha value is -1.83. The average molecular weight is 391 g/mol. The molecule has 0 fully saturated rings. The molecule has 3 N–H and O–H groups in total. The van der Waals surface area contributed by atoms with E-state index in [-0.39, 0.29) is 10.8 Å². The smallest absolute Gasteiger partial charge is 0.238 e. The first kappa shape index (κ1) is 18.9. The summed E-state index contributed by atoms with van der Waals surface area (Å²) in [7, 11) is -3.66. The van der Waals surface area contributed by atoms with E-state index < -0.39 is 10.0 Å². The maximum absolute atomic E-state index is 12.0. The minimum atomic E-state index is -3.66. The van der Waals surface area contributed by atoms with Crippen LogP contribution in [0.2, 0.25) is 0 Å². The fourth-order valence-electron chi connectivity index (χ4n) is 3.03. The van der Waals surface area contributed by atoms with Crippen molar-refractivity contribution in [2.24, 2.45) is 5.14 Å². The van der Waals surface area contributed by atoms with Crippen LogP contribution in [0.25, 0.3) is 0 Å². The summed E-state index contributed by atoms with van der Waals surface area (Å²) in [6.45, 7) is 0.512. The highest BCUT2D eigenvalue weighted by Gasteiger charge is 2.11. The molecule has 2 aromatic carbocycles. The summed E-state index contributed by atoms with van der Waals surface area (Å²) in [5.74, 6) is 0.389. The van der Waals surface area contributed by atoms with Gasteiger partial charge in [-0.1, -0.05) is 18.2 Å². The first-order valence-corrected chi connectivity index (χ1v) is 11.1. The van der Waals surface area contributed by atoms with Crippen LogP contribution in [-0.2, 0) is 34.1 Å². The molecular formula is C19H22N2O3S2. The highest BCUT2D eigenvalue weighted by molar-refractivity contribution is 8.00. The monoisotopic (exact) mass is 390 g/mol. The molecule has 1 aliphatic rings. The number of carbonyl (C=O) groups excluding carboxylic acids is 1. The van der Waals surface area contributed by atoms with Crippen LogP contribution in [0.15, 0.2) is 52.3 Å². The number of rotatable bonds is 7. The highest BCUT2D eigenvalue weighted by Crippen LogP contribution is 2.27. The molecule has 0 heterocycles. The van der Waals surface area contributed by atoms with Crippen molar-refractivity contribution in [1.82, 2.24) is 5.32 Å². The van der Waals surface area contributed by atoms with Crippen molar-refractivity contribution in [2.75, 3.05) is 12.3 Å². The van der Waals surface area contributed by atoms with E-state index >= 15 is 0 Å². The number of amides is 1. The molecule has 0 atom stereocenters. The third-order valence-corrected chi connectivity index (χ3v) is 6.35. The van der Waals surface area contributed by atoms with E-state index in [9.17, 15) is 13.2 Å². The first-order valence-electron chi connectivity index (χ1n) is 8.55. The number of nitrogens with two attached hydrogens (primary N) is 1. The second-order valence-corrected chi connectivity index (χ2v) is 8.97. The zero-order chi connectivity index (χ0) is 18.6. The van der Waals surface area contributed by atoms with E-state index in [1.165, 1.54) is 36.1 Å². The molecular weight excluding hydrogens is 368 g/mol. The van der Waals surface area contributed by atoms with Crippen LogP contribution in [0, 0.1) is 0 Å². The van der Waals surface area contributed by atoms with Gasteiger partial charge >= 0.3 is 0 Å². The maximum atomic E-state index is 12.0. The number of benzene rings is 2. The summed E-state index contributed by atoms with van der Waals surface area (Å²) in [5, 5.41) is 7.97. The number of primary sulfonamides is 1. The van der Waals surface area contributed by atoms with Gasteiger partial charge in [-0.05, 0) is 66.6 Å². The summed E-state index contributed by atoms with van der Waals surface area (Å²) < 4.78 is 22.4. The van der Waals surface area contributed by atoms with E-state index in [1.54, 1.807) is 23.9 Å². The molecule has 5 nitrogen and oxygen atoms in total. The van der Waals surface area contributed by atoms with Crippen LogP contribution in [0.1, 0.15) is 23.1 Å². The number of hydrogen-bond acceptors (Lipinski definition) is 4. The van der Waals surface area contributed by atoms with Gasteiger partial charge in [-0.25, -0.2) is 13.6 Å². The highest BCUT2D eigenvalue weighted by atomic mass is 32.2. The summed E-state index contributed by atoms with van der Waals surface area (Å²) in [5.41, 5.74) is 3.80. The Balaban J connectivity index is 1.41. The average Bonchev–Trinajstić information content (AvgIpc) is 3.07. The Labute approximate surface area is 158 Å². The van der Waals surface area contributed by atoms with Crippen molar-refractivity contribution in [3.8, 4) is 0 Å². The molecule has 26 heavy (non-hydrogen) atoms. The zero-order valence-electron chi connectivity index (χ0n) is 14.4. The summed E-state index contributed by atoms with van der Waals surface area (Å²) >= 11 is 1.55. The number of aryl methyl sites for hydroxylation is 2. The molecule has 0 bridgehead atoms. The number of hydrogen-bond donors (Lipinski definition) is 2. The molecule has 7 heteroatoms. The Bertz CT molecular complexity index is 894. The third-order valence-electron chi connectivity index (χ3n) is 4.43. The number of sulfonamides is 1. The number of carbonyl (C=O) groups is 1. The molecule has 3 rings (SSSR count). The Morgan fingerprint density at radius 2 is 1.81 bits per heavy atom. The number of nitrogens with one attached hydrogen (secondary N) is 1. The first-order chi connectivity index (χ1) is 12.4. The van der Waals surface area contributed by atoms with Crippen molar-refractivity contribution < 1.29 is 13.2 Å². The standard InChI is InChI=1S/C19H22N2O3S2/c20-26(23,24)18-8-4-14(5-9-18)10-11-21-19(22)13-25-17-7-6-15-2-1-3-16(15)12-17/h4-9,12H,1-3,10-11,13H2,(H,21,22)(H2,20,23,24). The molecule has 0 spiro atoms. The minimum Gasteiger partial charge on any atom is -0.355 e. The van der Waals surface area contributed by atoms with Crippen LogP contribution in [0.3, 0.4) is 0 Å². The van der Waals surface area contributed by atoms with E-state index in [0.717, 1.165) is 16.9 Å². The van der Waals surface area contributed by atoms with Gasteiger partial charge in [0.2, 0.25) is 15.9 Å². The van der Waals surface area contributed by atoms with Gasteiger partial charge in [0.05, 0.1) is 10.6 Å². The summed E-state index contributed by atoms with van der Waals surface area (Å²) in [6, 6.07) is 12.9. The topological polar surface area (TPSA) is 89.3 Å². The Morgan fingerprint density at radius 3 is 2.54 bits per heavy atom. The fraction of sp³-hybridized carbons (Fsp3) is 0.316. The van der Waals surface area contributed by atoms with Gasteiger partial charge < -0.3 is 5.32 Å². The predicted molar refractivity (Wildman–Crippen MR) is 104 cm³/mol. The molecule has 0 aliphatic heterocycles. The second-order valence-electron chi connectivity index (χ2n) is 6.36. The Morgan fingerprint density at radius 1 is 1.08 bits per heavy atom. The van der Waals surface area contributed by atoms with Crippen molar-refractivity contribution in [3.63, 3.8) is 0 Å². The lowest BCUT2D eigenvalue weighted by Crippen LogP contribution is -2.27. The molecule has 0 aromatic heterocycles. The van der Waals surface area contributed by atoms with Gasteiger partial charge in [-0.3, -0.25) is 4.79 Å². The van der Waals surface area contributed by atoms with Crippen molar-refractivity contribution in [3.05, 3.63) is 59.2 Å². The van der Waals surface area contributed by atoms with Crippen LogP contribution in [0.5, 0.6) is 0 Å². The van der Waals surface area contributed by atoms with Crippen molar-refractivity contribution in [1.29, 1.82) is 0 Å². The minimum absolute atomic E-state index is 0.00310. The van der Waals surface area contributed by atoms with Gasteiger partial charge in [0.1, 0.15) is 0 Å². The van der Waals surface area contributed by atoms with Crippen LogP contribution in [-0.4, -0.2) is 26.6 Å². The van der Waals surface area contributed by atoms with Crippen molar-refractivity contribution in [2.45, 2.75) is 35.5 Å². The molecule has 1 amide bonds. The molecule has 138 valence electrons. The third kappa shape index (κ3) is 5.09. The molecule has 0 unspecified atom stereocenters. The summed E-state index contributed by atoms with van der Waals surface area (Å²) in [6.07, 6.45) is 4.17. The van der Waals surface area contributed by atoms with E-state index in [4.69, 9.17) is 5.14 Å². The maximum Gasteiger partial charge on any atom is 0.238 e. The molecule has 0 radical (unpaired) electrons. The van der Waals surface area contributed by atoms with E-state index in [0.29, 0.717) is 18.7 Å². The van der Waals surface area contributed by atoms with Crippen molar-refractivity contribution >= 4 is 27.7 Å². The number of fused-ring (bicyclic) bond motifs is 1. The lowest BCUT2D eigenvalue weighted by molar-refractivity contribution is -0.118. The lowest BCUT2D eigenvalue weighted by Gasteiger charge is -2.07. The second kappa shape index (κ2) is 8.24. The van der Waals surface area contributed by atoms with Gasteiger partial charge in [0.15, 0.2) is 0 Å². The van der Waals surface area contributed by atoms with Gasteiger partial charge in [-0.2, -0.15) is 0 Å². The largest absolute Gasteiger partial charge is 0.355 e. The quantitative estimate of drug-likeness (QED) is 0.710. The number of thioether (sulfide) groups is 1. The molecule has 1 aliphatic carbocycles. The van der Waals surface area contributed by atoms with Gasteiger partial charge in [0.25, 0.3) is 0 Å². The Kier molecular flexibility index (Phi) is 6.01. The fourth-order valence-corrected chi connectivity index (χ4v) is 4.34. The van der Waals surface area contributed by atoms with E-state index in [1.807, 2.05) is 0 Å². The molecule has 0 saturated heterocycles. The molecule has 0 saturated carbocycles. The van der Waals surface area contributed by atoms with E-state index in [2.05, 4.69) is 23.5 Å². The normalized spacial score (nSPS) is 13.4. The summed E-state index contributed by atoms with van der Waals surface area (Å²) in [4.78, 5) is 13.2. The predicted octanol–water partition coefficient (Wildman–Crippen LogP) is 2.27. The van der Waals surface area contributed by atoms with Crippen LogP contribution >= 0.6 is 11.8 Å². The zero-order valence-corrected chi connectivity index (χ0v) is 16.0. The van der Waals surface area contributed by atoms with Crippen LogP contribution in [0.4, 0.5) is 0 Å². The van der Waals surface area contributed by atoms with Gasteiger partial charge in [-0.15, -0.1) is 11.8 Å². The van der Waals surface area contributed by atoms with Gasteiger partial charge in [0, 0.05) is 11.4 Å². The molecule has 2 aromatic rings.